The number of thiol groups is 1. The minimum Gasteiger partial charge on any atom is -0.394 e. The van der Waals surface area contributed by atoms with E-state index in [1.54, 1.807) is 19.0 Å². The monoisotopic (exact) mass is 349 g/mol. The zero-order valence-corrected chi connectivity index (χ0v) is 13.9. The van der Waals surface area contributed by atoms with Crippen molar-refractivity contribution in [3.05, 3.63) is 0 Å². The fraction of sp³-hybridized carbons (Fsp3) is 0.667. The molecule has 10 nitrogen and oxygen atoms in total. The number of nitrogens with two attached hydrogens (primary N) is 1. The van der Waals surface area contributed by atoms with Gasteiger partial charge >= 0.3 is 0 Å². The van der Waals surface area contributed by atoms with Gasteiger partial charge in [-0.25, -0.2) is 0 Å². The molecule has 0 saturated carbocycles. The van der Waals surface area contributed by atoms with Crippen LogP contribution in [0.15, 0.2) is 0 Å². The second-order valence-corrected chi connectivity index (χ2v) is 5.33. The van der Waals surface area contributed by atoms with Crippen LogP contribution in [0.25, 0.3) is 0 Å². The van der Waals surface area contributed by atoms with E-state index in [0.717, 1.165) is 0 Å². The van der Waals surface area contributed by atoms with Crippen LogP contribution in [0.5, 0.6) is 0 Å². The predicted molar refractivity (Wildman–Crippen MR) is 85.6 cm³/mol. The summed E-state index contributed by atoms with van der Waals surface area (Å²) in [5.41, 5.74) is 4.90. The standard InChI is InChI=1S/C12H23N5O5S/c1-17(2)4-10(20)15-7(5-18)12(22)16-8(6-23)11(21)14-3-9(13)19/h7-8,18,23H,3-6H2,1-2H3,(H2,13,19)(H,14,21)(H,15,20)(H,16,22)/t7-,8-/m0/s1. The Kier molecular flexibility index (Phi) is 9.94. The molecular formula is C12H23N5O5S. The van der Waals surface area contributed by atoms with E-state index >= 15 is 0 Å². The Morgan fingerprint density at radius 1 is 1.13 bits per heavy atom. The lowest BCUT2D eigenvalue weighted by molar-refractivity contribution is -0.133. The Bertz CT molecular complexity index is 446. The van der Waals surface area contributed by atoms with Gasteiger partial charge in [-0.1, -0.05) is 0 Å². The van der Waals surface area contributed by atoms with E-state index in [9.17, 15) is 24.3 Å². The van der Waals surface area contributed by atoms with E-state index in [2.05, 4.69) is 28.6 Å². The molecule has 132 valence electrons. The first-order chi connectivity index (χ1) is 10.7. The molecule has 0 fully saturated rings. The molecule has 0 aliphatic rings. The number of amides is 4. The van der Waals surface area contributed by atoms with Crippen LogP contribution in [0.1, 0.15) is 0 Å². The summed E-state index contributed by atoms with van der Waals surface area (Å²) in [5, 5.41) is 16.1. The molecule has 0 aliphatic carbocycles. The number of nitrogens with zero attached hydrogens (tertiary/aromatic N) is 1. The molecule has 2 atom stereocenters. The summed E-state index contributed by atoms with van der Waals surface area (Å²) in [6.07, 6.45) is 0. The Morgan fingerprint density at radius 3 is 2.17 bits per heavy atom. The lowest BCUT2D eigenvalue weighted by atomic mass is 10.2. The molecule has 0 aromatic carbocycles. The fourth-order valence-corrected chi connectivity index (χ4v) is 1.74. The maximum absolute atomic E-state index is 12.0. The van der Waals surface area contributed by atoms with Crippen molar-refractivity contribution in [2.75, 3.05) is 39.5 Å². The van der Waals surface area contributed by atoms with Gasteiger partial charge in [-0.15, -0.1) is 0 Å². The first-order valence-electron chi connectivity index (χ1n) is 6.73. The largest absolute Gasteiger partial charge is 0.394 e. The van der Waals surface area contributed by atoms with E-state index in [4.69, 9.17) is 5.73 Å². The van der Waals surface area contributed by atoms with Gasteiger partial charge in [0.2, 0.25) is 23.6 Å². The van der Waals surface area contributed by atoms with Crippen LogP contribution in [0.4, 0.5) is 0 Å². The van der Waals surface area contributed by atoms with Crippen molar-refractivity contribution in [2.24, 2.45) is 5.73 Å². The molecule has 0 radical (unpaired) electrons. The summed E-state index contributed by atoms with van der Waals surface area (Å²) in [6.45, 7) is -0.964. The van der Waals surface area contributed by atoms with Crippen molar-refractivity contribution in [3.63, 3.8) is 0 Å². The highest BCUT2D eigenvalue weighted by Crippen LogP contribution is 1.92. The maximum atomic E-state index is 12.0. The topological polar surface area (TPSA) is 154 Å². The summed E-state index contributed by atoms with van der Waals surface area (Å²) < 4.78 is 0. The fourth-order valence-electron chi connectivity index (χ4n) is 1.49. The smallest absolute Gasteiger partial charge is 0.245 e. The minimum atomic E-state index is -1.20. The van der Waals surface area contributed by atoms with Crippen LogP contribution < -0.4 is 21.7 Å². The van der Waals surface area contributed by atoms with Crippen LogP contribution in [0, 0.1) is 0 Å². The van der Waals surface area contributed by atoms with Crippen molar-refractivity contribution >= 4 is 36.3 Å². The van der Waals surface area contributed by atoms with Gasteiger partial charge in [-0.3, -0.25) is 19.2 Å². The van der Waals surface area contributed by atoms with Gasteiger partial charge in [-0.05, 0) is 14.1 Å². The summed E-state index contributed by atoms with van der Waals surface area (Å²) in [5.74, 6) is -2.62. The summed E-state index contributed by atoms with van der Waals surface area (Å²) in [6, 6.07) is -2.24. The van der Waals surface area contributed by atoms with Gasteiger partial charge in [0.15, 0.2) is 0 Å². The van der Waals surface area contributed by atoms with E-state index in [0.29, 0.717) is 0 Å². The maximum Gasteiger partial charge on any atom is 0.245 e. The van der Waals surface area contributed by atoms with E-state index in [1.807, 2.05) is 0 Å². The molecule has 0 unspecified atom stereocenters. The number of carbonyl (C=O) groups excluding carboxylic acids is 4. The number of hydrogen-bond donors (Lipinski definition) is 6. The van der Waals surface area contributed by atoms with Gasteiger partial charge in [0, 0.05) is 5.75 Å². The van der Waals surface area contributed by atoms with Crippen LogP contribution in [-0.2, 0) is 19.2 Å². The number of hydrogen-bond acceptors (Lipinski definition) is 7. The van der Waals surface area contributed by atoms with Crippen LogP contribution in [0.3, 0.4) is 0 Å². The highest BCUT2D eigenvalue weighted by Gasteiger charge is 2.25. The van der Waals surface area contributed by atoms with Crippen LogP contribution >= 0.6 is 12.6 Å². The van der Waals surface area contributed by atoms with Crippen molar-refractivity contribution < 1.29 is 24.3 Å². The zero-order valence-electron chi connectivity index (χ0n) is 13.0. The molecule has 0 saturated heterocycles. The van der Waals surface area contributed by atoms with Crippen molar-refractivity contribution in [3.8, 4) is 0 Å². The third kappa shape index (κ3) is 9.01. The molecule has 0 spiro atoms. The highest BCUT2D eigenvalue weighted by atomic mass is 32.1. The Balaban J connectivity index is 4.61. The molecule has 23 heavy (non-hydrogen) atoms. The molecular weight excluding hydrogens is 326 g/mol. The number of rotatable bonds is 10. The molecule has 0 aliphatic heterocycles. The van der Waals surface area contributed by atoms with Gasteiger partial charge in [0.1, 0.15) is 12.1 Å². The van der Waals surface area contributed by atoms with Gasteiger partial charge < -0.3 is 31.7 Å². The second-order valence-electron chi connectivity index (χ2n) is 4.97. The first kappa shape index (κ1) is 21.1. The lowest BCUT2D eigenvalue weighted by Crippen LogP contribution is -2.56. The zero-order chi connectivity index (χ0) is 18.0. The normalized spacial score (nSPS) is 13.1. The van der Waals surface area contributed by atoms with Crippen LogP contribution in [-0.4, -0.2) is 85.3 Å². The molecule has 11 heteroatoms. The average Bonchev–Trinajstić information content (AvgIpc) is 2.46. The van der Waals surface area contributed by atoms with Crippen molar-refractivity contribution in [2.45, 2.75) is 12.1 Å². The minimum absolute atomic E-state index is 0.0405. The number of primary amides is 1. The van der Waals surface area contributed by atoms with Gasteiger partial charge in [0.25, 0.3) is 0 Å². The van der Waals surface area contributed by atoms with Gasteiger partial charge in [-0.2, -0.15) is 12.6 Å². The number of likely N-dealkylation sites (N-methyl/N-ethyl adjacent to an activating group) is 1. The third-order valence-corrected chi connectivity index (χ3v) is 2.91. The molecule has 4 amide bonds. The number of aliphatic hydroxyl groups excluding tert-OH is 1. The Labute approximate surface area is 139 Å². The first-order valence-corrected chi connectivity index (χ1v) is 7.36. The summed E-state index contributed by atoms with van der Waals surface area (Å²) in [7, 11) is 3.35. The molecule has 6 N–H and O–H groups in total. The molecule has 0 rings (SSSR count). The van der Waals surface area contributed by atoms with E-state index in [-0.39, 0.29) is 18.8 Å². The molecule has 0 bridgehead atoms. The van der Waals surface area contributed by atoms with Crippen LogP contribution in [0.2, 0.25) is 0 Å². The number of nitrogens with one attached hydrogen (secondary N) is 3. The predicted octanol–water partition coefficient (Wildman–Crippen LogP) is -3.96. The average molecular weight is 349 g/mol. The van der Waals surface area contributed by atoms with E-state index < -0.39 is 42.3 Å². The lowest BCUT2D eigenvalue weighted by Gasteiger charge is -2.21. The summed E-state index contributed by atoms with van der Waals surface area (Å²) >= 11 is 3.94. The van der Waals surface area contributed by atoms with E-state index in [1.165, 1.54) is 0 Å². The quantitative estimate of drug-likeness (QED) is 0.221. The highest BCUT2D eigenvalue weighted by molar-refractivity contribution is 7.80. The molecule has 0 aromatic heterocycles. The van der Waals surface area contributed by atoms with Crippen molar-refractivity contribution in [1.29, 1.82) is 0 Å². The summed E-state index contributed by atoms with van der Waals surface area (Å²) in [4.78, 5) is 47.6. The second kappa shape index (κ2) is 10.8. The SMILES string of the molecule is CN(C)CC(=O)N[C@@H](CO)C(=O)N[C@@H](CS)C(=O)NCC(N)=O. The third-order valence-electron chi connectivity index (χ3n) is 2.55. The molecule has 0 heterocycles. The molecule has 0 aromatic rings. The Morgan fingerprint density at radius 2 is 1.74 bits per heavy atom. The van der Waals surface area contributed by atoms with Crippen molar-refractivity contribution in [1.82, 2.24) is 20.9 Å². The number of aliphatic hydroxyl groups is 1. The number of carbonyl (C=O) groups is 4. The Hall–Kier alpha value is -1.85. The van der Waals surface area contributed by atoms with Gasteiger partial charge in [0.05, 0.1) is 19.7 Å².